The number of piperidine rings is 1. The second kappa shape index (κ2) is 7.74. The van der Waals surface area contributed by atoms with Gasteiger partial charge in [0.2, 0.25) is 5.91 Å². The highest BCUT2D eigenvalue weighted by atomic mass is 35.5. The number of carbonyl (C=O) groups is 2. The summed E-state index contributed by atoms with van der Waals surface area (Å²) in [5.41, 5.74) is 2.72. The molecule has 166 valence electrons. The van der Waals surface area contributed by atoms with Crippen molar-refractivity contribution < 1.29 is 14.3 Å². The van der Waals surface area contributed by atoms with Gasteiger partial charge in [0.15, 0.2) is 0 Å². The summed E-state index contributed by atoms with van der Waals surface area (Å²) in [4.78, 5) is 26.2. The molecule has 1 spiro atoms. The summed E-state index contributed by atoms with van der Waals surface area (Å²) >= 11 is 6.54. The lowest BCUT2D eigenvalue weighted by atomic mass is 9.72. The van der Waals surface area contributed by atoms with Gasteiger partial charge in [-0.3, -0.25) is 4.79 Å². The smallest absolute Gasteiger partial charge is 0.410 e. The van der Waals surface area contributed by atoms with Gasteiger partial charge in [-0.15, -0.1) is 0 Å². The van der Waals surface area contributed by atoms with E-state index >= 15 is 0 Å². The van der Waals surface area contributed by atoms with Gasteiger partial charge in [0.25, 0.3) is 0 Å². The number of ether oxygens (including phenoxy) is 1. The summed E-state index contributed by atoms with van der Waals surface area (Å²) in [6.07, 6.45) is 2.43. The number of rotatable bonds is 2. The number of amides is 2. The van der Waals surface area contributed by atoms with E-state index in [0.29, 0.717) is 13.1 Å². The van der Waals surface area contributed by atoms with Crippen LogP contribution in [0, 0.1) is 6.92 Å². The van der Waals surface area contributed by atoms with Crippen LogP contribution in [0.5, 0.6) is 0 Å². The van der Waals surface area contributed by atoms with Crippen LogP contribution < -0.4 is 5.32 Å². The van der Waals surface area contributed by atoms with Crippen molar-refractivity contribution in [2.24, 2.45) is 0 Å². The molecule has 1 aromatic rings. The van der Waals surface area contributed by atoms with E-state index in [1.807, 2.05) is 32.6 Å². The lowest BCUT2D eigenvalue weighted by molar-refractivity contribution is -0.120. The Bertz CT molecular complexity index is 849. The van der Waals surface area contributed by atoms with E-state index in [1.54, 1.807) is 6.92 Å². The third kappa shape index (κ3) is 4.46. The molecule has 1 saturated heterocycles. The van der Waals surface area contributed by atoms with Crippen molar-refractivity contribution in [1.29, 1.82) is 0 Å². The highest BCUT2D eigenvalue weighted by Crippen LogP contribution is 2.55. The Balaban J connectivity index is 1.90. The molecular weight excluding hydrogens is 400 g/mol. The molecule has 5 nitrogen and oxygen atoms in total. The number of benzene rings is 1. The van der Waals surface area contributed by atoms with Gasteiger partial charge in [0.1, 0.15) is 5.60 Å². The fourth-order valence-electron chi connectivity index (χ4n) is 5.16. The van der Waals surface area contributed by atoms with Crippen LogP contribution in [0.3, 0.4) is 0 Å². The van der Waals surface area contributed by atoms with E-state index in [1.165, 1.54) is 11.1 Å². The second-order valence-electron chi connectivity index (χ2n) is 10.6. The van der Waals surface area contributed by atoms with Crippen molar-refractivity contribution in [3.63, 3.8) is 0 Å². The lowest BCUT2D eigenvalue weighted by Gasteiger charge is -2.41. The van der Waals surface area contributed by atoms with Crippen molar-refractivity contribution in [2.45, 2.75) is 90.2 Å². The van der Waals surface area contributed by atoms with E-state index < -0.39 is 5.60 Å². The first-order valence-corrected chi connectivity index (χ1v) is 11.2. The zero-order chi connectivity index (χ0) is 22.5. The molecule has 6 heteroatoms. The van der Waals surface area contributed by atoms with Crippen molar-refractivity contribution in [3.8, 4) is 0 Å². The number of nitrogens with zero attached hydrogens (tertiary/aromatic N) is 1. The zero-order valence-electron chi connectivity index (χ0n) is 19.3. The molecule has 1 aliphatic heterocycles. The van der Waals surface area contributed by atoms with Crippen molar-refractivity contribution in [3.05, 3.63) is 33.8 Å². The molecule has 1 atom stereocenters. The molecule has 1 aliphatic carbocycles. The molecule has 0 bridgehead atoms. The Morgan fingerprint density at radius 1 is 1.17 bits per heavy atom. The first-order chi connectivity index (χ1) is 13.7. The lowest BCUT2D eigenvalue weighted by Crippen LogP contribution is -2.48. The molecule has 1 N–H and O–H groups in total. The summed E-state index contributed by atoms with van der Waals surface area (Å²) in [5.74, 6) is 0.174. The number of hydrogen-bond acceptors (Lipinski definition) is 3. The van der Waals surface area contributed by atoms with Gasteiger partial charge in [0.05, 0.1) is 0 Å². The van der Waals surface area contributed by atoms with E-state index in [4.69, 9.17) is 16.3 Å². The molecule has 0 aromatic heterocycles. The molecular formula is C24H35ClN2O3. The monoisotopic (exact) mass is 434 g/mol. The average molecular weight is 435 g/mol. The number of aryl methyl sites for hydroxylation is 1. The number of halogens is 1. The fraction of sp³-hybridized carbons (Fsp3) is 0.667. The van der Waals surface area contributed by atoms with Gasteiger partial charge < -0.3 is 15.0 Å². The van der Waals surface area contributed by atoms with Crippen molar-refractivity contribution in [1.82, 2.24) is 10.2 Å². The fourth-order valence-corrected chi connectivity index (χ4v) is 5.33. The third-order valence-corrected chi connectivity index (χ3v) is 7.02. The maximum Gasteiger partial charge on any atom is 0.410 e. The predicted molar refractivity (Wildman–Crippen MR) is 120 cm³/mol. The maximum atomic E-state index is 12.5. The molecule has 0 saturated carbocycles. The van der Waals surface area contributed by atoms with Gasteiger partial charge in [-0.1, -0.05) is 17.7 Å². The van der Waals surface area contributed by atoms with Crippen LogP contribution in [0.15, 0.2) is 12.1 Å². The van der Waals surface area contributed by atoms with Gasteiger partial charge in [0, 0.05) is 36.5 Å². The highest BCUT2D eigenvalue weighted by Gasteiger charge is 2.50. The van der Waals surface area contributed by atoms with E-state index in [2.05, 4.69) is 31.3 Å². The Morgan fingerprint density at radius 2 is 1.77 bits per heavy atom. The number of carbonyl (C=O) groups excluding carboxylic acids is 2. The molecule has 1 heterocycles. The Morgan fingerprint density at radius 3 is 2.30 bits per heavy atom. The summed E-state index contributed by atoms with van der Waals surface area (Å²) in [7, 11) is 0. The van der Waals surface area contributed by atoms with Crippen LogP contribution in [0.25, 0.3) is 0 Å². The van der Waals surface area contributed by atoms with Crippen molar-refractivity contribution >= 4 is 23.6 Å². The van der Waals surface area contributed by atoms with Gasteiger partial charge in [-0.25, -0.2) is 4.79 Å². The average Bonchev–Trinajstić information content (AvgIpc) is 2.88. The Labute approximate surface area is 185 Å². The quantitative estimate of drug-likeness (QED) is 0.685. The molecule has 1 fully saturated rings. The molecule has 30 heavy (non-hydrogen) atoms. The molecule has 0 unspecified atom stereocenters. The van der Waals surface area contributed by atoms with Crippen LogP contribution in [0.1, 0.15) is 83.4 Å². The topological polar surface area (TPSA) is 58.6 Å². The molecule has 2 aliphatic rings. The molecule has 0 radical (unpaired) electrons. The highest BCUT2D eigenvalue weighted by molar-refractivity contribution is 6.31. The standard InChI is InChI=1S/C24H35ClN2O3/c1-15-12-17-18(13-20(15)25)24(14-19(17)23(6,7)26-16(2)28)8-10-27(11-9-24)21(29)30-22(3,4)5/h12-13,19H,8-11,14H2,1-7H3,(H,26,28)/t19-/m0/s1. The van der Waals surface area contributed by atoms with Crippen molar-refractivity contribution in [2.75, 3.05) is 13.1 Å². The van der Waals surface area contributed by atoms with E-state index in [0.717, 1.165) is 29.8 Å². The van der Waals surface area contributed by atoms with E-state index in [9.17, 15) is 9.59 Å². The summed E-state index contributed by atoms with van der Waals surface area (Å²) in [5, 5.41) is 3.93. The number of likely N-dealkylation sites (tertiary alicyclic amines) is 1. The minimum absolute atomic E-state index is 0.0204. The summed E-state index contributed by atoms with van der Waals surface area (Å²) in [6.45, 7) is 14.8. The minimum Gasteiger partial charge on any atom is -0.444 e. The zero-order valence-corrected chi connectivity index (χ0v) is 20.1. The van der Waals surface area contributed by atoms with Gasteiger partial charge in [-0.05, 0) is 89.0 Å². The first kappa shape index (κ1) is 22.9. The van der Waals surface area contributed by atoms with Gasteiger partial charge in [-0.2, -0.15) is 0 Å². The summed E-state index contributed by atoms with van der Waals surface area (Å²) in [6, 6.07) is 4.32. The molecule has 1 aromatic carbocycles. The first-order valence-electron chi connectivity index (χ1n) is 10.8. The third-order valence-electron chi connectivity index (χ3n) is 6.61. The molecule has 3 rings (SSSR count). The Kier molecular flexibility index (Phi) is 5.92. The normalized spacial score (nSPS) is 20.8. The van der Waals surface area contributed by atoms with Gasteiger partial charge >= 0.3 is 6.09 Å². The number of nitrogens with one attached hydrogen (secondary N) is 1. The molecule has 2 amide bonds. The predicted octanol–water partition coefficient (Wildman–Crippen LogP) is 5.32. The number of fused-ring (bicyclic) bond motifs is 2. The maximum absolute atomic E-state index is 12.5. The Hall–Kier alpha value is -1.75. The van der Waals surface area contributed by atoms with Crippen LogP contribution in [-0.4, -0.2) is 41.1 Å². The van der Waals surface area contributed by atoms with Crippen LogP contribution in [0.4, 0.5) is 4.79 Å². The summed E-state index contributed by atoms with van der Waals surface area (Å²) < 4.78 is 5.57. The minimum atomic E-state index is -0.495. The second-order valence-corrected chi connectivity index (χ2v) is 11.0. The SMILES string of the molecule is CC(=O)NC(C)(C)[C@H]1CC2(CCN(C(=O)OC(C)(C)C)CC2)c2cc(Cl)c(C)cc21. The largest absolute Gasteiger partial charge is 0.444 e. The van der Waals surface area contributed by atoms with Crippen LogP contribution in [0.2, 0.25) is 5.02 Å². The van der Waals surface area contributed by atoms with E-state index in [-0.39, 0.29) is 28.9 Å². The number of hydrogen-bond donors (Lipinski definition) is 1. The van der Waals surface area contributed by atoms with Crippen LogP contribution >= 0.6 is 11.6 Å². The van der Waals surface area contributed by atoms with Crippen LogP contribution in [-0.2, 0) is 14.9 Å².